The molecule has 0 saturated carbocycles. The molecule has 1 aromatic carbocycles. The van der Waals surface area contributed by atoms with E-state index in [1.54, 1.807) is 0 Å². The van der Waals surface area contributed by atoms with Crippen molar-refractivity contribution >= 4 is 5.96 Å². The lowest BCUT2D eigenvalue weighted by Gasteiger charge is -2.19. The Balaban J connectivity index is 1.91. The van der Waals surface area contributed by atoms with Gasteiger partial charge in [0, 0.05) is 19.6 Å². The number of rotatable bonds is 3. The molecule has 0 aromatic heterocycles. The number of hydrogen-bond acceptors (Lipinski definition) is 4. The summed E-state index contributed by atoms with van der Waals surface area (Å²) in [5, 5.41) is 16.4. The number of aliphatic hydroxyl groups is 1. The zero-order valence-electron chi connectivity index (χ0n) is 10.1. The van der Waals surface area contributed by atoms with Crippen molar-refractivity contribution < 1.29 is 5.11 Å². The molecular formula is C13H19N3O. The Labute approximate surface area is 102 Å². The maximum Gasteiger partial charge on any atom is 0.191 e. The van der Waals surface area contributed by atoms with Crippen LogP contribution in [0.15, 0.2) is 29.3 Å². The number of benzene rings is 1. The molecule has 17 heavy (non-hydrogen) atoms. The van der Waals surface area contributed by atoms with Crippen molar-refractivity contribution in [2.24, 2.45) is 4.99 Å². The monoisotopic (exact) mass is 233 g/mol. The van der Waals surface area contributed by atoms with Crippen molar-refractivity contribution in [3.8, 4) is 0 Å². The predicted molar refractivity (Wildman–Crippen MR) is 69.1 cm³/mol. The second-order valence-corrected chi connectivity index (χ2v) is 4.26. The highest BCUT2D eigenvalue weighted by Gasteiger charge is 2.11. The molecule has 0 fully saturated rings. The Kier molecular flexibility index (Phi) is 3.98. The summed E-state index contributed by atoms with van der Waals surface area (Å²) < 4.78 is 0. The highest BCUT2D eigenvalue weighted by Crippen LogP contribution is 2.16. The first-order valence-electron chi connectivity index (χ1n) is 6.03. The molecule has 92 valence electrons. The second kappa shape index (κ2) is 5.68. The first-order valence-corrected chi connectivity index (χ1v) is 6.03. The van der Waals surface area contributed by atoms with E-state index in [1.165, 1.54) is 0 Å². The summed E-state index contributed by atoms with van der Waals surface area (Å²) in [6.45, 7) is 4.30. The van der Waals surface area contributed by atoms with E-state index in [1.807, 2.05) is 31.2 Å². The fourth-order valence-corrected chi connectivity index (χ4v) is 1.91. The van der Waals surface area contributed by atoms with Crippen LogP contribution in [0, 0.1) is 6.92 Å². The Morgan fingerprint density at radius 3 is 3.00 bits per heavy atom. The van der Waals surface area contributed by atoms with Gasteiger partial charge in [-0.1, -0.05) is 24.3 Å². The Bertz CT molecular complexity index is 403. The lowest BCUT2D eigenvalue weighted by molar-refractivity contribution is 0.180. The van der Waals surface area contributed by atoms with Gasteiger partial charge in [-0.25, -0.2) is 0 Å². The van der Waals surface area contributed by atoms with Gasteiger partial charge in [0.05, 0.1) is 6.10 Å². The molecule has 0 amide bonds. The van der Waals surface area contributed by atoms with E-state index in [9.17, 15) is 5.11 Å². The van der Waals surface area contributed by atoms with E-state index in [2.05, 4.69) is 15.6 Å². The number of guanidine groups is 1. The molecule has 1 aliphatic heterocycles. The van der Waals surface area contributed by atoms with Gasteiger partial charge < -0.3 is 15.7 Å². The fraction of sp³-hybridized carbons (Fsp3) is 0.462. The largest absolute Gasteiger partial charge is 0.387 e. The number of aliphatic imine (C=N–C) groups is 1. The van der Waals surface area contributed by atoms with Gasteiger partial charge in [0.25, 0.3) is 0 Å². The van der Waals surface area contributed by atoms with Crippen molar-refractivity contribution in [2.45, 2.75) is 19.4 Å². The van der Waals surface area contributed by atoms with Crippen LogP contribution in [-0.4, -0.2) is 30.7 Å². The first kappa shape index (κ1) is 11.9. The highest BCUT2D eigenvalue weighted by atomic mass is 16.3. The van der Waals surface area contributed by atoms with Crippen molar-refractivity contribution in [3.05, 3.63) is 35.4 Å². The van der Waals surface area contributed by atoms with E-state index in [4.69, 9.17) is 0 Å². The third kappa shape index (κ3) is 3.20. The molecule has 1 atom stereocenters. The second-order valence-electron chi connectivity index (χ2n) is 4.26. The van der Waals surface area contributed by atoms with E-state index in [0.717, 1.165) is 36.6 Å². The molecule has 2 rings (SSSR count). The normalized spacial score (nSPS) is 16.9. The van der Waals surface area contributed by atoms with E-state index >= 15 is 0 Å². The van der Waals surface area contributed by atoms with Gasteiger partial charge >= 0.3 is 0 Å². The number of nitrogens with zero attached hydrogens (tertiary/aromatic N) is 1. The van der Waals surface area contributed by atoms with Crippen molar-refractivity contribution in [1.29, 1.82) is 0 Å². The number of aliphatic hydroxyl groups excluding tert-OH is 1. The number of aryl methyl sites for hydroxylation is 1. The molecular weight excluding hydrogens is 214 g/mol. The molecule has 1 aromatic rings. The molecule has 1 unspecified atom stereocenters. The highest BCUT2D eigenvalue weighted by molar-refractivity contribution is 5.80. The SMILES string of the molecule is Cc1ccccc1C(O)CNC1=NCCCN1. The summed E-state index contributed by atoms with van der Waals surface area (Å²) in [6, 6.07) is 7.89. The van der Waals surface area contributed by atoms with Gasteiger partial charge in [0.15, 0.2) is 5.96 Å². The smallest absolute Gasteiger partial charge is 0.191 e. The third-order valence-corrected chi connectivity index (χ3v) is 2.91. The lowest BCUT2D eigenvalue weighted by Crippen LogP contribution is -2.42. The van der Waals surface area contributed by atoms with Crippen LogP contribution in [0.1, 0.15) is 23.7 Å². The molecule has 0 radical (unpaired) electrons. The molecule has 3 N–H and O–H groups in total. The zero-order chi connectivity index (χ0) is 12.1. The van der Waals surface area contributed by atoms with Crippen LogP contribution < -0.4 is 10.6 Å². The van der Waals surface area contributed by atoms with Gasteiger partial charge in [-0.3, -0.25) is 4.99 Å². The Morgan fingerprint density at radius 1 is 1.47 bits per heavy atom. The third-order valence-electron chi connectivity index (χ3n) is 2.91. The van der Waals surface area contributed by atoms with Crippen LogP contribution in [0.5, 0.6) is 0 Å². The van der Waals surface area contributed by atoms with E-state index in [0.29, 0.717) is 6.54 Å². The molecule has 1 aliphatic rings. The van der Waals surface area contributed by atoms with Crippen LogP contribution >= 0.6 is 0 Å². The Hall–Kier alpha value is -1.55. The van der Waals surface area contributed by atoms with Gasteiger partial charge in [-0.15, -0.1) is 0 Å². The number of nitrogens with one attached hydrogen (secondary N) is 2. The van der Waals surface area contributed by atoms with Crippen LogP contribution in [0.25, 0.3) is 0 Å². The van der Waals surface area contributed by atoms with Gasteiger partial charge in [-0.2, -0.15) is 0 Å². The van der Waals surface area contributed by atoms with Crippen LogP contribution in [0.2, 0.25) is 0 Å². The standard InChI is InChI=1S/C13H19N3O/c1-10-5-2-3-6-11(10)12(17)9-16-13-14-7-4-8-15-13/h2-3,5-6,12,17H,4,7-9H2,1H3,(H2,14,15,16). The minimum Gasteiger partial charge on any atom is -0.387 e. The average Bonchev–Trinajstić information content (AvgIpc) is 2.38. The van der Waals surface area contributed by atoms with E-state index < -0.39 is 6.10 Å². The van der Waals surface area contributed by atoms with E-state index in [-0.39, 0.29) is 0 Å². The molecule has 4 heteroatoms. The maximum atomic E-state index is 10.1. The molecule has 0 bridgehead atoms. The Morgan fingerprint density at radius 2 is 2.29 bits per heavy atom. The number of hydrogen-bond donors (Lipinski definition) is 3. The lowest BCUT2D eigenvalue weighted by atomic mass is 10.0. The summed E-state index contributed by atoms with van der Waals surface area (Å²) >= 11 is 0. The maximum absolute atomic E-state index is 10.1. The van der Waals surface area contributed by atoms with Crippen LogP contribution in [0.4, 0.5) is 0 Å². The summed E-state index contributed by atoms with van der Waals surface area (Å²) in [5.41, 5.74) is 2.08. The first-order chi connectivity index (χ1) is 8.27. The predicted octanol–water partition coefficient (Wildman–Crippen LogP) is 0.967. The molecule has 0 aliphatic carbocycles. The van der Waals surface area contributed by atoms with Crippen LogP contribution in [-0.2, 0) is 0 Å². The molecule has 0 saturated heterocycles. The molecule has 4 nitrogen and oxygen atoms in total. The fourth-order valence-electron chi connectivity index (χ4n) is 1.91. The van der Waals surface area contributed by atoms with Gasteiger partial charge in [0.2, 0.25) is 0 Å². The summed E-state index contributed by atoms with van der Waals surface area (Å²) in [7, 11) is 0. The summed E-state index contributed by atoms with van der Waals surface area (Å²) in [4.78, 5) is 4.30. The zero-order valence-corrected chi connectivity index (χ0v) is 10.1. The molecule has 0 spiro atoms. The van der Waals surface area contributed by atoms with Crippen LogP contribution in [0.3, 0.4) is 0 Å². The summed E-state index contributed by atoms with van der Waals surface area (Å²) in [6.07, 6.45) is 0.577. The minimum absolute atomic E-state index is 0.483. The quantitative estimate of drug-likeness (QED) is 0.729. The van der Waals surface area contributed by atoms with Crippen molar-refractivity contribution in [2.75, 3.05) is 19.6 Å². The topological polar surface area (TPSA) is 56.6 Å². The average molecular weight is 233 g/mol. The van der Waals surface area contributed by atoms with Crippen molar-refractivity contribution in [1.82, 2.24) is 10.6 Å². The van der Waals surface area contributed by atoms with Gasteiger partial charge in [0.1, 0.15) is 0 Å². The van der Waals surface area contributed by atoms with Crippen molar-refractivity contribution in [3.63, 3.8) is 0 Å². The molecule has 1 heterocycles. The minimum atomic E-state index is -0.498. The summed E-state index contributed by atoms with van der Waals surface area (Å²) in [5.74, 6) is 0.795. The van der Waals surface area contributed by atoms with Gasteiger partial charge in [-0.05, 0) is 24.5 Å².